The molecule has 168 valence electrons. The topological polar surface area (TPSA) is 43.3 Å². The second kappa shape index (κ2) is 9.88. The minimum absolute atomic E-state index is 0.0260. The first-order valence-corrected chi connectivity index (χ1v) is 11.9. The zero-order valence-electron chi connectivity index (χ0n) is 18.9. The number of hydrogen-bond acceptors (Lipinski definition) is 2. The van der Waals surface area contributed by atoms with Gasteiger partial charge in [0.25, 0.3) is 5.91 Å². The fourth-order valence-corrected chi connectivity index (χ4v) is 5.30. The molecule has 2 fully saturated rings. The summed E-state index contributed by atoms with van der Waals surface area (Å²) >= 11 is 0. The maximum absolute atomic E-state index is 15.0. The van der Waals surface area contributed by atoms with Crippen LogP contribution in [0.5, 0.6) is 5.75 Å². The van der Waals surface area contributed by atoms with Gasteiger partial charge in [-0.25, -0.2) is 4.39 Å². The molecule has 0 spiro atoms. The van der Waals surface area contributed by atoms with E-state index in [1.54, 1.807) is 12.1 Å². The van der Waals surface area contributed by atoms with Crippen molar-refractivity contribution in [1.29, 1.82) is 0 Å². The first-order valence-electron chi connectivity index (χ1n) is 11.9. The Bertz CT molecular complexity index is 908. The van der Waals surface area contributed by atoms with E-state index >= 15 is 4.39 Å². The Balaban J connectivity index is 1.67. The lowest BCUT2D eigenvalue weighted by atomic mass is 9.89. The van der Waals surface area contributed by atoms with Crippen LogP contribution < -0.4 is 10.1 Å². The van der Waals surface area contributed by atoms with Crippen LogP contribution in [-0.4, -0.2) is 23.6 Å². The van der Waals surface area contributed by atoms with Gasteiger partial charge in [0.15, 0.2) is 0 Å². The van der Waals surface area contributed by atoms with Crippen LogP contribution >= 0.6 is 0 Å². The summed E-state index contributed by atoms with van der Waals surface area (Å²) in [4.78, 5) is 13.2. The molecule has 0 aliphatic heterocycles. The predicted molar refractivity (Wildman–Crippen MR) is 122 cm³/mol. The zero-order chi connectivity index (χ0) is 21.8. The second-order valence-electron chi connectivity index (χ2n) is 9.30. The van der Waals surface area contributed by atoms with Gasteiger partial charge in [0.05, 0.1) is 18.4 Å². The van der Waals surface area contributed by atoms with E-state index in [-0.39, 0.29) is 17.8 Å². The van der Waals surface area contributed by atoms with Crippen molar-refractivity contribution in [3.05, 3.63) is 41.3 Å². The third-order valence-electron chi connectivity index (χ3n) is 7.17. The highest BCUT2D eigenvalue weighted by Gasteiger charge is 2.25. The molecule has 0 atom stereocenters. The van der Waals surface area contributed by atoms with E-state index in [4.69, 9.17) is 4.74 Å². The molecule has 1 aromatic heterocycles. The van der Waals surface area contributed by atoms with E-state index in [9.17, 15) is 4.79 Å². The molecule has 1 amide bonds. The quantitative estimate of drug-likeness (QED) is 0.593. The number of aromatic nitrogens is 1. The molecule has 0 saturated heterocycles. The highest BCUT2D eigenvalue weighted by atomic mass is 19.1. The van der Waals surface area contributed by atoms with Gasteiger partial charge in [0, 0.05) is 29.9 Å². The summed E-state index contributed by atoms with van der Waals surface area (Å²) in [6.07, 6.45) is 11.9. The van der Waals surface area contributed by atoms with E-state index in [0.29, 0.717) is 22.8 Å². The molecule has 0 radical (unpaired) electrons. The molecule has 4 nitrogen and oxygen atoms in total. The Morgan fingerprint density at radius 2 is 1.74 bits per heavy atom. The number of rotatable bonds is 6. The number of nitrogens with zero attached hydrogens (tertiary/aromatic N) is 1. The van der Waals surface area contributed by atoms with E-state index < -0.39 is 0 Å². The minimum Gasteiger partial charge on any atom is -0.497 e. The maximum atomic E-state index is 15.0. The van der Waals surface area contributed by atoms with E-state index in [1.165, 1.54) is 64.5 Å². The predicted octanol–water partition coefficient (Wildman–Crippen LogP) is 6.25. The van der Waals surface area contributed by atoms with Crippen molar-refractivity contribution in [2.24, 2.45) is 5.92 Å². The lowest BCUT2D eigenvalue weighted by Crippen LogP contribution is -2.36. The van der Waals surface area contributed by atoms with Crippen molar-refractivity contribution in [3.8, 4) is 17.0 Å². The molecule has 2 aliphatic rings. The van der Waals surface area contributed by atoms with Crippen LogP contribution in [0.1, 0.15) is 80.3 Å². The average Bonchev–Trinajstić information content (AvgIpc) is 3.11. The number of amides is 1. The standard InChI is InChI=1S/C26H35FN2O2/c1-18-23(26(30)28-20-11-7-4-8-12-20)16-25(22-14-13-21(31-2)15-24(22)27)29(18)17-19-9-5-3-6-10-19/h13-16,19-20H,3-12,17H2,1-2H3,(H,28,30). The third kappa shape index (κ3) is 4.97. The minimum atomic E-state index is -0.319. The van der Waals surface area contributed by atoms with Gasteiger partial charge in [-0.1, -0.05) is 38.5 Å². The van der Waals surface area contributed by atoms with Gasteiger partial charge in [-0.3, -0.25) is 4.79 Å². The van der Waals surface area contributed by atoms with Crippen molar-refractivity contribution < 1.29 is 13.9 Å². The average molecular weight is 427 g/mol. The number of hydrogen-bond donors (Lipinski definition) is 1. The van der Waals surface area contributed by atoms with Crippen molar-refractivity contribution >= 4 is 5.91 Å². The largest absolute Gasteiger partial charge is 0.497 e. The highest BCUT2D eigenvalue weighted by Crippen LogP contribution is 2.33. The molecule has 0 bridgehead atoms. The molecule has 1 N–H and O–H groups in total. The fraction of sp³-hybridized carbons (Fsp3) is 0.577. The molecule has 2 aliphatic carbocycles. The van der Waals surface area contributed by atoms with Gasteiger partial charge >= 0.3 is 0 Å². The Labute approximate surface area is 185 Å². The van der Waals surface area contributed by atoms with E-state index in [0.717, 1.165) is 30.8 Å². The normalized spacial score (nSPS) is 18.2. The molecule has 5 heteroatoms. The summed E-state index contributed by atoms with van der Waals surface area (Å²) in [6.45, 7) is 2.84. The van der Waals surface area contributed by atoms with Gasteiger partial charge in [0.2, 0.25) is 0 Å². The summed E-state index contributed by atoms with van der Waals surface area (Å²) in [5.41, 5.74) is 2.92. The summed E-state index contributed by atoms with van der Waals surface area (Å²) < 4.78 is 22.4. The van der Waals surface area contributed by atoms with Crippen molar-refractivity contribution in [3.63, 3.8) is 0 Å². The Morgan fingerprint density at radius 1 is 1.06 bits per heavy atom. The Morgan fingerprint density at radius 3 is 2.39 bits per heavy atom. The highest BCUT2D eigenvalue weighted by molar-refractivity contribution is 5.97. The summed E-state index contributed by atoms with van der Waals surface area (Å²) in [7, 11) is 1.54. The smallest absolute Gasteiger partial charge is 0.253 e. The first kappa shape index (κ1) is 21.9. The lowest BCUT2D eigenvalue weighted by molar-refractivity contribution is 0.0927. The summed E-state index contributed by atoms with van der Waals surface area (Å²) in [5.74, 6) is 0.732. The molecule has 2 saturated carbocycles. The molecule has 31 heavy (non-hydrogen) atoms. The number of carbonyl (C=O) groups excluding carboxylic acids is 1. The molecule has 4 rings (SSSR count). The number of benzene rings is 1. The summed E-state index contributed by atoms with van der Waals surface area (Å²) in [6, 6.07) is 7.12. The third-order valence-corrected chi connectivity index (χ3v) is 7.17. The fourth-order valence-electron chi connectivity index (χ4n) is 5.30. The van der Waals surface area contributed by atoms with Gasteiger partial charge in [0.1, 0.15) is 11.6 Å². The van der Waals surface area contributed by atoms with E-state index in [2.05, 4.69) is 9.88 Å². The Kier molecular flexibility index (Phi) is 6.99. The molecular weight excluding hydrogens is 391 g/mol. The number of carbonyl (C=O) groups is 1. The van der Waals surface area contributed by atoms with Crippen LogP contribution in [0.4, 0.5) is 4.39 Å². The zero-order valence-corrected chi connectivity index (χ0v) is 18.9. The molecule has 1 aromatic carbocycles. The maximum Gasteiger partial charge on any atom is 0.253 e. The van der Waals surface area contributed by atoms with Gasteiger partial charge in [-0.05, 0) is 56.7 Å². The van der Waals surface area contributed by atoms with Crippen LogP contribution in [0.2, 0.25) is 0 Å². The number of nitrogens with one attached hydrogen (secondary N) is 1. The van der Waals surface area contributed by atoms with Crippen molar-refractivity contribution in [2.75, 3.05) is 7.11 Å². The van der Waals surface area contributed by atoms with Crippen LogP contribution in [0.3, 0.4) is 0 Å². The van der Waals surface area contributed by atoms with Crippen LogP contribution in [-0.2, 0) is 6.54 Å². The Hall–Kier alpha value is -2.30. The SMILES string of the molecule is COc1ccc(-c2cc(C(=O)NC3CCCCC3)c(C)n2CC2CCCCC2)c(F)c1. The first-order chi connectivity index (χ1) is 15.1. The van der Waals surface area contributed by atoms with Gasteiger partial charge in [-0.2, -0.15) is 0 Å². The molecule has 0 unspecified atom stereocenters. The van der Waals surface area contributed by atoms with Gasteiger partial charge in [-0.15, -0.1) is 0 Å². The van der Waals surface area contributed by atoms with Crippen molar-refractivity contribution in [2.45, 2.75) is 83.7 Å². The molecular formula is C26H35FN2O2. The van der Waals surface area contributed by atoms with Crippen molar-refractivity contribution in [1.82, 2.24) is 9.88 Å². The number of methoxy groups -OCH3 is 1. The molecule has 1 heterocycles. The number of ether oxygens (including phenoxy) is 1. The monoisotopic (exact) mass is 426 g/mol. The summed E-state index contributed by atoms with van der Waals surface area (Å²) in [5, 5.41) is 3.24. The van der Waals surface area contributed by atoms with Crippen LogP contribution in [0, 0.1) is 18.7 Å². The second-order valence-corrected chi connectivity index (χ2v) is 9.30. The van der Waals surface area contributed by atoms with Crippen LogP contribution in [0.15, 0.2) is 24.3 Å². The molecule has 2 aromatic rings. The lowest BCUT2D eigenvalue weighted by Gasteiger charge is -2.25. The van der Waals surface area contributed by atoms with Gasteiger partial charge < -0.3 is 14.6 Å². The van der Waals surface area contributed by atoms with Crippen LogP contribution in [0.25, 0.3) is 11.3 Å². The number of halogens is 1. The van der Waals surface area contributed by atoms with E-state index in [1.807, 2.05) is 13.0 Å².